The van der Waals surface area contributed by atoms with Crippen LogP contribution in [0.1, 0.15) is 27.7 Å². The first kappa shape index (κ1) is 16.9. The van der Waals surface area contributed by atoms with Crippen molar-refractivity contribution in [1.29, 1.82) is 0 Å². The van der Waals surface area contributed by atoms with Gasteiger partial charge in [-0.2, -0.15) is 0 Å². The summed E-state index contributed by atoms with van der Waals surface area (Å²) in [6.45, 7) is 8.43. The molecule has 0 atom stereocenters. The van der Waals surface area contributed by atoms with Crippen molar-refractivity contribution in [2.24, 2.45) is 11.8 Å². The summed E-state index contributed by atoms with van der Waals surface area (Å²) < 4.78 is 10.7. The molecular weight excluding hydrogens is 234 g/mol. The monoisotopic (exact) mass is 260 g/mol. The molecule has 18 heavy (non-hydrogen) atoms. The van der Waals surface area contributed by atoms with Gasteiger partial charge in [0.1, 0.15) is 13.2 Å². The Hall–Kier alpha value is -1.10. The van der Waals surface area contributed by atoms with Gasteiger partial charge in [-0.15, -0.1) is 0 Å². The Kier molecular flexibility index (Phi) is 6.91. The van der Waals surface area contributed by atoms with Crippen LogP contribution in [0.5, 0.6) is 0 Å². The van der Waals surface area contributed by atoms with Crippen LogP contribution in [0.3, 0.4) is 0 Å². The standard InChI is InChI=1S/C13H26NO4/c1-10(2)12(15)17-8-7-14(5,6)9-18-13(16)11(3)4/h10-11H,7-9H2,1-6H3/q+1. The van der Waals surface area contributed by atoms with E-state index in [4.69, 9.17) is 9.47 Å². The third-order valence-electron chi connectivity index (χ3n) is 2.44. The molecule has 5 heteroatoms. The van der Waals surface area contributed by atoms with Crippen molar-refractivity contribution >= 4 is 11.9 Å². The third kappa shape index (κ3) is 7.27. The van der Waals surface area contributed by atoms with Crippen molar-refractivity contribution in [1.82, 2.24) is 0 Å². The van der Waals surface area contributed by atoms with Gasteiger partial charge in [0.05, 0.1) is 25.9 Å². The number of likely N-dealkylation sites (N-methyl/N-ethyl adjacent to an activating group) is 1. The van der Waals surface area contributed by atoms with Crippen molar-refractivity contribution in [2.45, 2.75) is 27.7 Å². The van der Waals surface area contributed by atoms with E-state index in [1.807, 2.05) is 14.1 Å². The number of hydrogen-bond acceptors (Lipinski definition) is 4. The summed E-state index contributed by atoms with van der Waals surface area (Å²) in [5, 5.41) is 0. The van der Waals surface area contributed by atoms with Crippen molar-refractivity contribution < 1.29 is 23.5 Å². The summed E-state index contributed by atoms with van der Waals surface area (Å²) in [6.07, 6.45) is 0. The van der Waals surface area contributed by atoms with Crippen molar-refractivity contribution in [3.63, 3.8) is 0 Å². The minimum atomic E-state index is -0.208. The van der Waals surface area contributed by atoms with Gasteiger partial charge in [0.2, 0.25) is 6.73 Å². The highest BCUT2D eigenvalue weighted by atomic mass is 16.6. The van der Waals surface area contributed by atoms with Gasteiger partial charge < -0.3 is 9.47 Å². The lowest BCUT2D eigenvalue weighted by Gasteiger charge is -2.28. The average Bonchev–Trinajstić information content (AvgIpc) is 2.25. The third-order valence-corrected chi connectivity index (χ3v) is 2.44. The van der Waals surface area contributed by atoms with E-state index in [-0.39, 0.29) is 30.5 Å². The number of carbonyl (C=O) groups is 2. The fourth-order valence-corrected chi connectivity index (χ4v) is 1.03. The zero-order valence-electron chi connectivity index (χ0n) is 12.4. The van der Waals surface area contributed by atoms with Crippen LogP contribution in [0.4, 0.5) is 0 Å². The van der Waals surface area contributed by atoms with Gasteiger partial charge in [-0.05, 0) is 0 Å². The molecule has 0 aromatic carbocycles. The van der Waals surface area contributed by atoms with Gasteiger partial charge in [-0.25, -0.2) is 0 Å². The molecule has 0 heterocycles. The first-order chi connectivity index (χ1) is 8.15. The quantitative estimate of drug-likeness (QED) is 0.394. The Morgan fingerprint density at radius 2 is 1.39 bits per heavy atom. The second-order valence-corrected chi connectivity index (χ2v) is 5.73. The van der Waals surface area contributed by atoms with E-state index < -0.39 is 0 Å². The molecule has 0 fully saturated rings. The maximum absolute atomic E-state index is 11.3. The minimum absolute atomic E-state index is 0.112. The Labute approximate surface area is 110 Å². The summed E-state index contributed by atoms with van der Waals surface area (Å²) in [5.74, 6) is -0.641. The smallest absolute Gasteiger partial charge is 0.312 e. The van der Waals surface area contributed by atoms with Gasteiger partial charge >= 0.3 is 11.9 Å². The van der Waals surface area contributed by atoms with Crippen LogP contribution in [0.2, 0.25) is 0 Å². The fourth-order valence-electron chi connectivity index (χ4n) is 1.03. The molecule has 0 N–H and O–H groups in total. The zero-order valence-corrected chi connectivity index (χ0v) is 12.4. The molecule has 0 aliphatic heterocycles. The first-order valence-corrected chi connectivity index (χ1v) is 6.31. The van der Waals surface area contributed by atoms with Crippen molar-refractivity contribution in [2.75, 3.05) is 34.0 Å². The van der Waals surface area contributed by atoms with E-state index in [0.29, 0.717) is 17.6 Å². The zero-order chi connectivity index (χ0) is 14.3. The molecule has 0 radical (unpaired) electrons. The Morgan fingerprint density at radius 3 is 1.83 bits per heavy atom. The Balaban J connectivity index is 3.94. The Morgan fingerprint density at radius 1 is 0.944 bits per heavy atom. The molecule has 0 saturated heterocycles. The normalized spacial score (nSPS) is 11.8. The van der Waals surface area contributed by atoms with Gasteiger partial charge in [0, 0.05) is 0 Å². The van der Waals surface area contributed by atoms with Gasteiger partial charge in [-0.3, -0.25) is 14.1 Å². The lowest BCUT2D eigenvalue weighted by molar-refractivity contribution is -0.907. The number of hydrogen-bond donors (Lipinski definition) is 0. The highest BCUT2D eigenvalue weighted by Crippen LogP contribution is 2.03. The highest BCUT2D eigenvalue weighted by Gasteiger charge is 2.20. The summed E-state index contributed by atoms with van der Waals surface area (Å²) in [5.41, 5.74) is 0. The molecule has 0 aromatic heterocycles. The van der Waals surface area contributed by atoms with E-state index in [2.05, 4.69) is 0 Å². The number of nitrogens with zero attached hydrogens (tertiary/aromatic N) is 1. The van der Waals surface area contributed by atoms with Gasteiger partial charge in [0.25, 0.3) is 0 Å². The van der Waals surface area contributed by atoms with Crippen molar-refractivity contribution in [3.8, 4) is 0 Å². The van der Waals surface area contributed by atoms with Crippen LogP contribution in [0.15, 0.2) is 0 Å². The topological polar surface area (TPSA) is 52.6 Å². The first-order valence-electron chi connectivity index (χ1n) is 6.31. The van der Waals surface area contributed by atoms with Gasteiger partial charge in [0.15, 0.2) is 0 Å². The van der Waals surface area contributed by atoms with Crippen LogP contribution in [0.25, 0.3) is 0 Å². The lowest BCUT2D eigenvalue weighted by atomic mass is 10.2. The summed E-state index contributed by atoms with van der Waals surface area (Å²) in [4.78, 5) is 22.6. The second-order valence-electron chi connectivity index (χ2n) is 5.73. The molecule has 0 saturated carbocycles. The molecule has 5 nitrogen and oxygen atoms in total. The van der Waals surface area contributed by atoms with Crippen LogP contribution in [-0.4, -0.2) is 50.4 Å². The molecule has 0 bridgehead atoms. The summed E-state index contributed by atoms with van der Waals surface area (Å²) >= 11 is 0. The number of rotatable bonds is 7. The van der Waals surface area contributed by atoms with E-state index in [9.17, 15) is 9.59 Å². The van der Waals surface area contributed by atoms with E-state index in [1.165, 1.54) is 0 Å². The molecule has 0 amide bonds. The predicted octanol–water partition coefficient (Wildman–Crippen LogP) is 1.42. The van der Waals surface area contributed by atoms with Crippen molar-refractivity contribution in [3.05, 3.63) is 0 Å². The molecule has 0 rings (SSSR count). The van der Waals surface area contributed by atoms with Gasteiger partial charge in [-0.1, -0.05) is 27.7 Å². The second kappa shape index (κ2) is 7.36. The number of esters is 2. The van der Waals surface area contributed by atoms with Crippen LogP contribution in [0, 0.1) is 11.8 Å². The molecule has 0 unspecified atom stereocenters. The van der Waals surface area contributed by atoms with E-state index in [1.54, 1.807) is 27.7 Å². The SMILES string of the molecule is CC(C)C(=O)OCC[N+](C)(C)COC(=O)C(C)C. The minimum Gasteiger partial charge on any atom is -0.459 e. The predicted molar refractivity (Wildman–Crippen MR) is 68.6 cm³/mol. The fraction of sp³-hybridized carbons (Fsp3) is 0.846. The molecule has 106 valence electrons. The number of carbonyl (C=O) groups excluding carboxylic acids is 2. The summed E-state index contributed by atoms with van der Waals surface area (Å²) in [6, 6.07) is 0. The van der Waals surface area contributed by atoms with Crippen LogP contribution >= 0.6 is 0 Å². The Bertz CT molecular complexity index is 285. The molecule has 0 aromatic rings. The van der Waals surface area contributed by atoms with Crippen LogP contribution in [-0.2, 0) is 19.1 Å². The maximum atomic E-state index is 11.3. The molecule has 0 aliphatic carbocycles. The largest absolute Gasteiger partial charge is 0.459 e. The highest BCUT2D eigenvalue weighted by molar-refractivity contribution is 5.71. The molecule has 0 spiro atoms. The summed E-state index contributed by atoms with van der Waals surface area (Å²) in [7, 11) is 3.85. The molecular formula is C13H26NO4+. The lowest BCUT2D eigenvalue weighted by Crippen LogP contribution is -2.45. The maximum Gasteiger partial charge on any atom is 0.312 e. The average molecular weight is 260 g/mol. The van der Waals surface area contributed by atoms with Crippen LogP contribution < -0.4 is 0 Å². The molecule has 0 aliphatic rings. The van der Waals surface area contributed by atoms with E-state index >= 15 is 0 Å². The number of ether oxygens (including phenoxy) is 2. The van der Waals surface area contributed by atoms with E-state index in [0.717, 1.165) is 0 Å². The number of quaternary nitrogens is 1.